The Morgan fingerprint density at radius 1 is 1.09 bits per heavy atom. The van der Waals surface area contributed by atoms with Crippen molar-refractivity contribution in [3.8, 4) is 11.5 Å². The van der Waals surface area contributed by atoms with E-state index < -0.39 is 0 Å². The molecule has 1 N–H and O–H groups in total. The van der Waals surface area contributed by atoms with Crippen molar-refractivity contribution in [3.05, 3.63) is 64.2 Å². The maximum atomic E-state index is 13.0. The van der Waals surface area contributed by atoms with Gasteiger partial charge < -0.3 is 14.5 Å². The summed E-state index contributed by atoms with van der Waals surface area (Å²) in [4.78, 5) is 23.1. The zero-order chi connectivity index (χ0) is 22.8. The molecule has 2 aromatic carbocycles. The number of aromatic nitrogens is 3. The number of rotatable bonds is 6. The van der Waals surface area contributed by atoms with E-state index in [0.29, 0.717) is 16.8 Å². The van der Waals surface area contributed by atoms with Gasteiger partial charge in [-0.25, -0.2) is 4.98 Å². The number of piperidine rings is 1. The smallest absolute Gasteiger partial charge is 0.298 e. The van der Waals surface area contributed by atoms with E-state index in [1.807, 2.05) is 30.3 Å². The Kier molecular flexibility index (Phi) is 5.83. The zero-order valence-electron chi connectivity index (χ0n) is 18.9. The maximum Gasteiger partial charge on any atom is 0.298 e. The molecule has 1 aliphatic rings. The van der Waals surface area contributed by atoms with E-state index in [4.69, 9.17) is 9.47 Å². The van der Waals surface area contributed by atoms with Gasteiger partial charge in [0, 0.05) is 23.0 Å². The van der Waals surface area contributed by atoms with E-state index in [0.717, 1.165) is 47.4 Å². The molecule has 2 aromatic heterocycles. The molecule has 1 aliphatic heterocycles. The molecule has 0 radical (unpaired) electrons. The standard InChI is InChI=1S/C25H27N5O3/c1-32-19-7-8-21-20(13-19)23-24(28-21)25(31)30(16-26-23)27-14-17-6-9-22(33-2)18(12-17)15-29-10-4-3-5-11-29/h6-9,12-14,16,28H,3-5,10-11,15H2,1-2H3/b27-14+. The summed E-state index contributed by atoms with van der Waals surface area (Å²) in [5, 5.41) is 5.23. The van der Waals surface area contributed by atoms with E-state index in [1.54, 1.807) is 20.4 Å². The molecule has 0 unspecified atom stereocenters. The van der Waals surface area contributed by atoms with Crippen molar-refractivity contribution < 1.29 is 9.47 Å². The van der Waals surface area contributed by atoms with Crippen LogP contribution in [0.3, 0.4) is 0 Å². The predicted octanol–water partition coefficient (Wildman–Crippen LogP) is 3.76. The fourth-order valence-electron chi connectivity index (χ4n) is 4.42. The number of nitrogens with one attached hydrogen (secondary N) is 1. The van der Waals surface area contributed by atoms with E-state index in [-0.39, 0.29) is 5.56 Å². The van der Waals surface area contributed by atoms with Crippen LogP contribution < -0.4 is 15.0 Å². The molecule has 8 heteroatoms. The van der Waals surface area contributed by atoms with Crippen molar-refractivity contribution >= 4 is 28.2 Å². The Labute approximate surface area is 191 Å². The number of hydrogen-bond acceptors (Lipinski definition) is 6. The number of methoxy groups -OCH3 is 2. The fourth-order valence-corrected chi connectivity index (χ4v) is 4.42. The molecular weight excluding hydrogens is 418 g/mol. The summed E-state index contributed by atoms with van der Waals surface area (Å²) in [5.41, 5.74) is 3.61. The van der Waals surface area contributed by atoms with Crippen LogP contribution in [-0.4, -0.2) is 53.1 Å². The minimum absolute atomic E-state index is 0.256. The molecule has 8 nitrogen and oxygen atoms in total. The summed E-state index contributed by atoms with van der Waals surface area (Å²) >= 11 is 0. The SMILES string of the molecule is COc1ccc2[nH]c3c(=O)n(/N=C/c4ccc(OC)c(CN5CCCCC5)c4)cnc3c2c1. The second kappa shape index (κ2) is 9.07. The Morgan fingerprint density at radius 2 is 1.94 bits per heavy atom. The van der Waals surface area contributed by atoms with Crippen LogP contribution >= 0.6 is 0 Å². The van der Waals surface area contributed by atoms with Crippen molar-refractivity contribution in [3.63, 3.8) is 0 Å². The van der Waals surface area contributed by atoms with Crippen LogP contribution in [0.2, 0.25) is 0 Å². The zero-order valence-corrected chi connectivity index (χ0v) is 18.9. The quantitative estimate of drug-likeness (QED) is 0.457. The number of aromatic amines is 1. The van der Waals surface area contributed by atoms with E-state index in [1.165, 1.54) is 30.3 Å². The van der Waals surface area contributed by atoms with Crippen molar-refractivity contribution in [1.82, 2.24) is 19.5 Å². The molecule has 170 valence electrons. The van der Waals surface area contributed by atoms with Crippen LogP contribution in [0.25, 0.3) is 21.9 Å². The molecule has 0 atom stereocenters. The largest absolute Gasteiger partial charge is 0.497 e. The third-order valence-electron chi connectivity index (χ3n) is 6.17. The van der Waals surface area contributed by atoms with Gasteiger partial charge in [0.25, 0.3) is 5.56 Å². The molecule has 0 saturated carbocycles. The number of H-pyrrole nitrogens is 1. The number of benzene rings is 2. The second-order valence-electron chi connectivity index (χ2n) is 8.31. The van der Waals surface area contributed by atoms with Crippen molar-refractivity contribution in [2.45, 2.75) is 25.8 Å². The van der Waals surface area contributed by atoms with E-state index >= 15 is 0 Å². The summed E-state index contributed by atoms with van der Waals surface area (Å²) in [7, 11) is 3.31. The number of hydrogen-bond donors (Lipinski definition) is 1. The monoisotopic (exact) mass is 445 g/mol. The van der Waals surface area contributed by atoms with Gasteiger partial charge in [0.2, 0.25) is 0 Å². The molecule has 0 aliphatic carbocycles. The molecule has 0 bridgehead atoms. The highest BCUT2D eigenvalue weighted by Crippen LogP contribution is 2.26. The van der Waals surface area contributed by atoms with Crippen molar-refractivity contribution in [2.75, 3.05) is 27.3 Å². The van der Waals surface area contributed by atoms with Gasteiger partial charge in [-0.05, 0) is 67.9 Å². The topological polar surface area (TPSA) is 84.7 Å². The highest BCUT2D eigenvalue weighted by Gasteiger charge is 2.14. The Hall–Kier alpha value is -3.65. The summed E-state index contributed by atoms with van der Waals surface area (Å²) in [6, 6.07) is 11.6. The molecule has 4 aromatic rings. The molecule has 1 fully saturated rings. The summed E-state index contributed by atoms with van der Waals surface area (Å²) < 4.78 is 12.1. The van der Waals surface area contributed by atoms with Crippen molar-refractivity contribution in [2.24, 2.45) is 5.10 Å². The fraction of sp³-hybridized carbons (Fsp3) is 0.320. The third kappa shape index (κ3) is 4.21. The van der Waals surface area contributed by atoms with Gasteiger partial charge in [-0.15, -0.1) is 0 Å². The second-order valence-corrected chi connectivity index (χ2v) is 8.31. The van der Waals surface area contributed by atoms with Crippen LogP contribution in [0.15, 0.2) is 52.6 Å². The summed E-state index contributed by atoms with van der Waals surface area (Å²) in [5.74, 6) is 1.58. The van der Waals surface area contributed by atoms with Crippen LogP contribution in [0.1, 0.15) is 30.4 Å². The van der Waals surface area contributed by atoms with E-state index in [2.05, 4.69) is 26.0 Å². The van der Waals surface area contributed by atoms with Crippen LogP contribution in [-0.2, 0) is 6.54 Å². The lowest BCUT2D eigenvalue weighted by atomic mass is 10.1. The Balaban J connectivity index is 1.45. The minimum Gasteiger partial charge on any atom is -0.497 e. The Bertz CT molecular complexity index is 1380. The molecule has 3 heterocycles. The minimum atomic E-state index is -0.256. The maximum absolute atomic E-state index is 13.0. The van der Waals surface area contributed by atoms with Crippen LogP contribution in [0.5, 0.6) is 11.5 Å². The van der Waals surface area contributed by atoms with E-state index in [9.17, 15) is 4.79 Å². The van der Waals surface area contributed by atoms with Gasteiger partial charge in [0.15, 0.2) is 0 Å². The first-order valence-electron chi connectivity index (χ1n) is 11.2. The predicted molar refractivity (Wildman–Crippen MR) is 130 cm³/mol. The van der Waals surface area contributed by atoms with Gasteiger partial charge in [-0.1, -0.05) is 6.42 Å². The average Bonchev–Trinajstić information content (AvgIpc) is 3.23. The molecule has 5 rings (SSSR count). The number of fused-ring (bicyclic) bond motifs is 3. The van der Waals surface area contributed by atoms with Crippen LogP contribution in [0.4, 0.5) is 0 Å². The van der Waals surface area contributed by atoms with Gasteiger partial charge >= 0.3 is 0 Å². The lowest BCUT2D eigenvalue weighted by molar-refractivity contribution is 0.218. The van der Waals surface area contributed by atoms with Gasteiger partial charge in [0.1, 0.15) is 28.9 Å². The first-order chi connectivity index (χ1) is 16.2. The first-order valence-corrected chi connectivity index (χ1v) is 11.2. The normalized spacial score (nSPS) is 15.0. The average molecular weight is 446 g/mol. The van der Waals surface area contributed by atoms with Gasteiger partial charge in [0.05, 0.1) is 20.4 Å². The summed E-state index contributed by atoms with van der Waals surface area (Å²) in [6.07, 6.45) is 6.91. The van der Waals surface area contributed by atoms with Crippen molar-refractivity contribution in [1.29, 1.82) is 0 Å². The number of ether oxygens (including phenoxy) is 2. The van der Waals surface area contributed by atoms with Gasteiger partial charge in [-0.2, -0.15) is 9.78 Å². The molecule has 1 saturated heterocycles. The highest BCUT2D eigenvalue weighted by atomic mass is 16.5. The third-order valence-corrected chi connectivity index (χ3v) is 6.17. The molecule has 0 amide bonds. The lowest BCUT2D eigenvalue weighted by Gasteiger charge is -2.27. The first kappa shape index (κ1) is 21.2. The molecule has 0 spiro atoms. The van der Waals surface area contributed by atoms with Crippen LogP contribution in [0, 0.1) is 0 Å². The summed E-state index contributed by atoms with van der Waals surface area (Å²) in [6.45, 7) is 3.06. The lowest BCUT2D eigenvalue weighted by Crippen LogP contribution is -2.29. The Morgan fingerprint density at radius 3 is 2.73 bits per heavy atom. The molecular formula is C25H27N5O3. The number of nitrogens with zero attached hydrogens (tertiary/aromatic N) is 4. The highest BCUT2D eigenvalue weighted by molar-refractivity contribution is 6.04. The van der Waals surface area contributed by atoms with Gasteiger partial charge in [-0.3, -0.25) is 9.69 Å². The molecule has 33 heavy (non-hydrogen) atoms. The number of likely N-dealkylation sites (tertiary alicyclic amines) is 1.